The van der Waals surface area contributed by atoms with Crippen molar-refractivity contribution in [2.75, 3.05) is 6.61 Å². The van der Waals surface area contributed by atoms with Crippen molar-refractivity contribution in [2.24, 2.45) is 5.92 Å². The number of benzene rings is 1. The SMILES string of the molecule is CCc1ccc(C2OCCCC2C#N)cc1. The van der Waals surface area contributed by atoms with Gasteiger partial charge in [0.1, 0.15) is 0 Å². The Morgan fingerprint density at radius 3 is 2.75 bits per heavy atom. The van der Waals surface area contributed by atoms with Crippen LogP contribution in [0.1, 0.15) is 37.0 Å². The molecule has 0 saturated carbocycles. The van der Waals surface area contributed by atoms with Gasteiger partial charge in [-0.2, -0.15) is 5.26 Å². The van der Waals surface area contributed by atoms with Gasteiger partial charge in [-0.1, -0.05) is 31.2 Å². The maximum absolute atomic E-state index is 9.09. The number of hydrogen-bond acceptors (Lipinski definition) is 2. The van der Waals surface area contributed by atoms with Gasteiger partial charge < -0.3 is 4.74 Å². The number of rotatable bonds is 2. The van der Waals surface area contributed by atoms with E-state index in [0.29, 0.717) is 0 Å². The average molecular weight is 215 g/mol. The molecule has 1 aromatic carbocycles. The molecular formula is C14H17NO. The first kappa shape index (κ1) is 11.2. The fourth-order valence-corrected chi connectivity index (χ4v) is 2.18. The largest absolute Gasteiger partial charge is 0.372 e. The zero-order valence-corrected chi connectivity index (χ0v) is 9.65. The van der Waals surface area contributed by atoms with Crippen molar-refractivity contribution in [1.29, 1.82) is 5.26 Å². The Hall–Kier alpha value is -1.33. The quantitative estimate of drug-likeness (QED) is 0.758. The monoisotopic (exact) mass is 215 g/mol. The van der Waals surface area contributed by atoms with E-state index in [1.165, 1.54) is 5.56 Å². The van der Waals surface area contributed by atoms with Crippen LogP contribution in [-0.2, 0) is 11.2 Å². The third kappa shape index (κ3) is 2.25. The molecule has 1 aliphatic heterocycles. The van der Waals surface area contributed by atoms with Gasteiger partial charge >= 0.3 is 0 Å². The summed E-state index contributed by atoms with van der Waals surface area (Å²) in [5.74, 6) is 0.0150. The second-order valence-electron chi connectivity index (χ2n) is 4.26. The summed E-state index contributed by atoms with van der Waals surface area (Å²) in [5.41, 5.74) is 2.47. The Labute approximate surface area is 96.9 Å². The van der Waals surface area contributed by atoms with E-state index in [2.05, 4.69) is 37.3 Å². The fraction of sp³-hybridized carbons (Fsp3) is 0.500. The molecular weight excluding hydrogens is 198 g/mol. The highest BCUT2D eigenvalue weighted by Gasteiger charge is 2.26. The summed E-state index contributed by atoms with van der Waals surface area (Å²) >= 11 is 0. The van der Waals surface area contributed by atoms with Crippen molar-refractivity contribution < 1.29 is 4.74 Å². The van der Waals surface area contributed by atoms with Crippen molar-refractivity contribution >= 4 is 0 Å². The zero-order chi connectivity index (χ0) is 11.4. The van der Waals surface area contributed by atoms with Crippen molar-refractivity contribution in [1.82, 2.24) is 0 Å². The fourth-order valence-electron chi connectivity index (χ4n) is 2.18. The van der Waals surface area contributed by atoms with Gasteiger partial charge in [0.25, 0.3) is 0 Å². The molecule has 1 saturated heterocycles. The summed E-state index contributed by atoms with van der Waals surface area (Å²) in [7, 11) is 0. The van der Waals surface area contributed by atoms with Gasteiger partial charge in [-0.25, -0.2) is 0 Å². The van der Waals surface area contributed by atoms with Crippen LogP contribution in [-0.4, -0.2) is 6.61 Å². The van der Waals surface area contributed by atoms with Crippen molar-refractivity contribution in [2.45, 2.75) is 32.3 Å². The maximum atomic E-state index is 9.09. The Morgan fingerprint density at radius 1 is 1.38 bits per heavy atom. The van der Waals surface area contributed by atoms with Crippen LogP contribution in [0.2, 0.25) is 0 Å². The second-order valence-corrected chi connectivity index (χ2v) is 4.26. The Balaban J connectivity index is 2.18. The number of nitriles is 1. The van der Waals surface area contributed by atoms with E-state index in [1.54, 1.807) is 0 Å². The topological polar surface area (TPSA) is 33.0 Å². The molecule has 1 aromatic rings. The van der Waals surface area contributed by atoms with Gasteiger partial charge in [-0.3, -0.25) is 0 Å². The molecule has 0 spiro atoms. The molecule has 0 aliphatic carbocycles. The number of nitrogens with zero attached hydrogens (tertiary/aromatic N) is 1. The van der Waals surface area contributed by atoms with Gasteiger partial charge in [0, 0.05) is 6.61 Å². The predicted octanol–water partition coefficient (Wildman–Crippen LogP) is 3.24. The van der Waals surface area contributed by atoms with E-state index in [1.807, 2.05) is 0 Å². The molecule has 0 bridgehead atoms. The molecule has 0 radical (unpaired) electrons. The number of hydrogen-bond donors (Lipinski definition) is 0. The molecule has 2 nitrogen and oxygen atoms in total. The summed E-state index contributed by atoms with van der Waals surface area (Å²) in [6, 6.07) is 10.8. The van der Waals surface area contributed by atoms with Crippen molar-refractivity contribution in [3.8, 4) is 6.07 Å². The van der Waals surface area contributed by atoms with Gasteiger partial charge in [0.2, 0.25) is 0 Å². The van der Waals surface area contributed by atoms with Crippen molar-refractivity contribution in [3.63, 3.8) is 0 Å². The number of ether oxygens (including phenoxy) is 1. The van der Waals surface area contributed by atoms with Gasteiger partial charge in [0.05, 0.1) is 18.1 Å². The molecule has 1 heterocycles. The lowest BCUT2D eigenvalue weighted by Crippen LogP contribution is -2.21. The number of aryl methyl sites for hydroxylation is 1. The smallest absolute Gasteiger partial charge is 0.0982 e. The first-order valence-corrected chi connectivity index (χ1v) is 5.95. The van der Waals surface area contributed by atoms with Crippen molar-refractivity contribution in [3.05, 3.63) is 35.4 Å². The molecule has 0 aromatic heterocycles. The second kappa shape index (κ2) is 5.14. The minimum Gasteiger partial charge on any atom is -0.372 e. The lowest BCUT2D eigenvalue weighted by Gasteiger charge is -2.27. The molecule has 84 valence electrons. The predicted molar refractivity (Wildman–Crippen MR) is 62.9 cm³/mol. The molecule has 1 aliphatic rings. The maximum Gasteiger partial charge on any atom is 0.0982 e. The summed E-state index contributed by atoms with van der Waals surface area (Å²) in [6.45, 7) is 2.92. The molecule has 1 fully saturated rings. The first-order valence-electron chi connectivity index (χ1n) is 5.95. The minimum absolute atomic E-state index is 0.0150. The molecule has 2 rings (SSSR count). The molecule has 2 unspecified atom stereocenters. The average Bonchev–Trinajstić information content (AvgIpc) is 2.39. The normalized spacial score (nSPS) is 25.0. The highest BCUT2D eigenvalue weighted by molar-refractivity contribution is 5.25. The van der Waals surface area contributed by atoms with Gasteiger partial charge in [-0.05, 0) is 30.4 Å². The third-order valence-electron chi connectivity index (χ3n) is 3.20. The van der Waals surface area contributed by atoms with Gasteiger partial charge in [0.15, 0.2) is 0 Å². The highest BCUT2D eigenvalue weighted by Crippen LogP contribution is 2.33. The summed E-state index contributed by atoms with van der Waals surface area (Å²) < 4.78 is 5.72. The van der Waals surface area contributed by atoms with Crippen LogP contribution < -0.4 is 0 Å². The summed E-state index contributed by atoms with van der Waals surface area (Å²) in [5, 5.41) is 9.09. The Bertz CT molecular complexity index is 377. The minimum atomic E-state index is -0.0235. The van der Waals surface area contributed by atoms with E-state index in [9.17, 15) is 0 Å². The third-order valence-corrected chi connectivity index (χ3v) is 3.20. The standard InChI is InChI=1S/C14H17NO/c1-2-11-5-7-12(8-6-11)14-13(10-15)4-3-9-16-14/h5-8,13-14H,2-4,9H2,1H3. The van der Waals surface area contributed by atoms with Crippen LogP contribution in [0, 0.1) is 17.2 Å². The molecule has 2 heteroatoms. The molecule has 0 amide bonds. The first-order chi connectivity index (χ1) is 7.85. The lowest BCUT2D eigenvalue weighted by atomic mass is 9.90. The molecule has 16 heavy (non-hydrogen) atoms. The van der Waals surface area contributed by atoms with E-state index in [-0.39, 0.29) is 12.0 Å². The summed E-state index contributed by atoms with van der Waals surface area (Å²) in [4.78, 5) is 0. The van der Waals surface area contributed by atoms with Crippen LogP contribution >= 0.6 is 0 Å². The van der Waals surface area contributed by atoms with E-state index < -0.39 is 0 Å². The Kier molecular flexibility index (Phi) is 3.58. The lowest BCUT2D eigenvalue weighted by molar-refractivity contribution is -0.0101. The van der Waals surface area contributed by atoms with Crippen LogP contribution in [0.4, 0.5) is 0 Å². The van der Waals surface area contributed by atoms with Crippen LogP contribution in [0.5, 0.6) is 0 Å². The molecule has 0 N–H and O–H groups in total. The highest BCUT2D eigenvalue weighted by atomic mass is 16.5. The van der Waals surface area contributed by atoms with E-state index in [4.69, 9.17) is 10.00 Å². The van der Waals surface area contributed by atoms with Crippen LogP contribution in [0.15, 0.2) is 24.3 Å². The van der Waals surface area contributed by atoms with Crippen LogP contribution in [0.3, 0.4) is 0 Å². The van der Waals surface area contributed by atoms with E-state index in [0.717, 1.165) is 31.4 Å². The Morgan fingerprint density at radius 2 is 2.12 bits per heavy atom. The van der Waals surface area contributed by atoms with Gasteiger partial charge in [-0.15, -0.1) is 0 Å². The van der Waals surface area contributed by atoms with E-state index >= 15 is 0 Å². The zero-order valence-electron chi connectivity index (χ0n) is 9.65. The molecule has 2 atom stereocenters. The van der Waals surface area contributed by atoms with Crippen LogP contribution in [0.25, 0.3) is 0 Å². The summed E-state index contributed by atoms with van der Waals surface area (Å²) in [6.07, 6.45) is 2.98.